The number of rotatable bonds is 9. The monoisotopic (exact) mass is 823 g/mol. The van der Waals surface area contributed by atoms with Crippen LogP contribution in [0.4, 0.5) is 4.79 Å². The number of esters is 3. The molecule has 2 aromatic rings. The van der Waals surface area contributed by atoms with Crippen molar-refractivity contribution >= 4 is 35.6 Å². The van der Waals surface area contributed by atoms with Crippen LogP contribution < -0.4 is 5.32 Å². The standard InChI is InChI=1S/C44H57NO14/c1-10-43(58-24(3)46)29(48)21-28(47)42(9)34(43)36(57-37(52)26-19-15-12-16-20-26)44(55)22-27(23(2)30(41(44,7)8)32(49)35(42)51)56-38(53)33(50)31(25-17-13-11-14-18-25)45-39(54)59-40(4,5)6/h11-20,23,27-31,33-34,36,47-48,50,55H,10,21-22H2,1-9H3,(H,45,54)/t23?,27?,28-,29+,30?,31-,33+,34?,36-,42+,43-,44+/m0/s1. The number of alkyl carbamates (subject to hydrolysis) is 1. The van der Waals surface area contributed by atoms with E-state index in [9.17, 15) is 49.2 Å². The number of ketones is 2. The summed E-state index contributed by atoms with van der Waals surface area (Å²) < 4.78 is 23.6. The van der Waals surface area contributed by atoms with Crippen LogP contribution in [0.3, 0.4) is 0 Å². The molecule has 5 rings (SSSR count). The lowest BCUT2D eigenvalue weighted by Gasteiger charge is -2.65. The first kappa shape index (κ1) is 45.4. The van der Waals surface area contributed by atoms with E-state index in [-0.39, 0.29) is 12.0 Å². The summed E-state index contributed by atoms with van der Waals surface area (Å²) in [5.41, 5.74) is -9.04. The van der Waals surface area contributed by atoms with Gasteiger partial charge in [0.1, 0.15) is 29.0 Å². The van der Waals surface area contributed by atoms with Gasteiger partial charge in [-0.3, -0.25) is 14.4 Å². The number of hydrogen-bond donors (Lipinski definition) is 5. The lowest BCUT2D eigenvalue weighted by atomic mass is 9.43. The zero-order chi connectivity index (χ0) is 44.0. The molecule has 3 fully saturated rings. The number of carbonyl (C=O) groups excluding carboxylic acids is 6. The fourth-order valence-electron chi connectivity index (χ4n) is 9.86. The minimum atomic E-state index is -2.45. The summed E-state index contributed by atoms with van der Waals surface area (Å²) in [4.78, 5) is 83.8. The third kappa shape index (κ3) is 8.01. The number of aliphatic hydroxyl groups is 4. The zero-order valence-corrected chi connectivity index (χ0v) is 35.0. The van der Waals surface area contributed by atoms with Gasteiger partial charge >= 0.3 is 24.0 Å². The highest BCUT2D eigenvalue weighted by molar-refractivity contribution is 6.40. The van der Waals surface area contributed by atoms with Crippen molar-refractivity contribution in [2.24, 2.45) is 28.6 Å². The molecule has 12 atom stereocenters. The quantitative estimate of drug-likeness (QED) is 0.138. The number of aliphatic hydroxyl groups excluding tert-OH is 3. The smallest absolute Gasteiger partial charge is 0.408 e. The molecule has 3 saturated carbocycles. The van der Waals surface area contributed by atoms with E-state index in [0.29, 0.717) is 5.56 Å². The van der Waals surface area contributed by atoms with Crippen LogP contribution in [0.5, 0.6) is 0 Å². The van der Waals surface area contributed by atoms with E-state index in [4.69, 9.17) is 18.9 Å². The maximum Gasteiger partial charge on any atom is 0.408 e. The second kappa shape index (κ2) is 16.4. The Morgan fingerprint density at radius 2 is 1.49 bits per heavy atom. The number of nitrogens with one attached hydrogen (secondary N) is 1. The minimum absolute atomic E-state index is 0.0304. The van der Waals surface area contributed by atoms with Gasteiger partial charge in [0.15, 0.2) is 6.10 Å². The van der Waals surface area contributed by atoms with Gasteiger partial charge in [-0.15, -0.1) is 0 Å². The lowest BCUT2D eigenvalue weighted by molar-refractivity contribution is -0.297. The molecule has 4 unspecified atom stereocenters. The van der Waals surface area contributed by atoms with Crippen LogP contribution in [0.25, 0.3) is 0 Å². The maximum absolute atomic E-state index is 14.9. The molecule has 0 aromatic heterocycles. The molecular weight excluding hydrogens is 766 g/mol. The normalized spacial score (nSPS) is 33.8. The van der Waals surface area contributed by atoms with Crippen molar-refractivity contribution in [1.29, 1.82) is 0 Å². The van der Waals surface area contributed by atoms with Gasteiger partial charge in [-0.05, 0) is 51.8 Å². The van der Waals surface area contributed by atoms with E-state index < -0.39 is 130 Å². The van der Waals surface area contributed by atoms with E-state index in [1.165, 1.54) is 39.8 Å². The number of amides is 1. The van der Waals surface area contributed by atoms with Crippen LogP contribution in [-0.2, 0) is 38.1 Å². The molecule has 0 spiro atoms. The second-order valence-electron chi connectivity index (χ2n) is 18.0. The van der Waals surface area contributed by atoms with Crippen molar-refractivity contribution in [2.75, 3.05) is 0 Å². The first-order chi connectivity index (χ1) is 27.4. The molecule has 15 heteroatoms. The van der Waals surface area contributed by atoms with Crippen molar-refractivity contribution in [1.82, 2.24) is 5.32 Å². The third-order valence-corrected chi connectivity index (χ3v) is 12.9. The van der Waals surface area contributed by atoms with Gasteiger partial charge in [0, 0.05) is 37.0 Å². The topological polar surface area (TPSA) is 232 Å². The average Bonchev–Trinajstić information content (AvgIpc) is 3.16. The summed E-state index contributed by atoms with van der Waals surface area (Å²) in [6.45, 7) is 13.4. The SMILES string of the molecule is CC[C@@]1(OC(C)=O)C2[C@H](OC(=O)c3ccccc3)[C@]3(O)CC(OC(=O)[C@H](O)[C@@H](NC(=O)OC(C)(C)C)c4ccccc4)C(C)C(C(=O)C(=O)[C@]2(C)[C@@H](O)C[C@H]1O)C3(C)C. The van der Waals surface area contributed by atoms with Crippen LogP contribution in [0.2, 0.25) is 0 Å². The van der Waals surface area contributed by atoms with Gasteiger partial charge in [0.25, 0.3) is 0 Å². The van der Waals surface area contributed by atoms with E-state index in [1.807, 2.05) is 0 Å². The number of fused-ring (bicyclic) bond motifs is 3. The third-order valence-electron chi connectivity index (χ3n) is 12.9. The second-order valence-corrected chi connectivity index (χ2v) is 18.0. The first-order valence-corrected chi connectivity index (χ1v) is 19.9. The summed E-state index contributed by atoms with van der Waals surface area (Å²) >= 11 is 0. The van der Waals surface area contributed by atoms with Gasteiger partial charge in [-0.1, -0.05) is 76.2 Å². The molecule has 59 heavy (non-hydrogen) atoms. The summed E-state index contributed by atoms with van der Waals surface area (Å²) in [5.74, 6) is -9.56. The summed E-state index contributed by atoms with van der Waals surface area (Å²) in [6, 6.07) is 14.4. The van der Waals surface area contributed by atoms with Gasteiger partial charge in [-0.25, -0.2) is 14.4 Å². The molecule has 15 nitrogen and oxygen atoms in total. The van der Waals surface area contributed by atoms with Gasteiger partial charge in [0.2, 0.25) is 11.6 Å². The molecule has 0 saturated heterocycles. The lowest BCUT2D eigenvalue weighted by Crippen LogP contribution is -2.79. The Balaban J connectivity index is 1.68. The van der Waals surface area contributed by atoms with Crippen LogP contribution in [-0.4, -0.2) is 103 Å². The molecule has 3 aliphatic rings. The molecule has 0 heterocycles. The van der Waals surface area contributed by atoms with Gasteiger partial charge in [-0.2, -0.15) is 0 Å². The molecule has 0 radical (unpaired) electrons. The van der Waals surface area contributed by atoms with Crippen LogP contribution in [0.15, 0.2) is 60.7 Å². The number of carbonyl (C=O) groups is 6. The van der Waals surface area contributed by atoms with Crippen molar-refractivity contribution in [2.45, 2.75) is 135 Å². The predicted molar refractivity (Wildman–Crippen MR) is 209 cm³/mol. The van der Waals surface area contributed by atoms with E-state index in [1.54, 1.807) is 76.2 Å². The highest BCUT2D eigenvalue weighted by atomic mass is 16.6. The Morgan fingerprint density at radius 1 is 0.915 bits per heavy atom. The van der Waals surface area contributed by atoms with E-state index in [2.05, 4.69) is 5.32 Å². The first-order valence-electron chi connectivity index (χ1n) is 19.9. The van der Waals surface area contributed by atoms with Crippen LogP contribution >= 0.6 is 0 Å². The fraction of sp³-hybridized carbons (Fsp3) is 0.591. The highest BCUT2D eigenvalue weighted by Crippen LogP contribution is 2.63. The molecule has 2 aromatic carbocycles. The van der Waals surface area contributed by atoms with Crippen molar-refractivity contribution in [3.8, 4) is 0 Å². The van der Waals surface area contributed by atoms with Gasteiger partial charge in [0.05, 0.1) is 35.1 Å². The summed E-state index contributed by atoms with van der Waals surface area (Å²) in [6.07, 6.45) is -11.1. The number of Topliss-reactive ketones (excluding diaryl/α,β-unsaturated/α-hetero) is 2. The van der Waals surface area contributed by atoms with Crippen LogP contribution in [0.1, 0.15) is 104 Å². The molecule has 5 N–H and O–H groups in total. The zero-order valence-electron chi connectivity index (χ0n) is 35.0. The summed E-state index contributed by atoms with van der Waals surface area (Å²) in [7, 11) is 0. The minimum Gasteiger partial charge on any atom is -0.460 e. The Kier molecular flexibility index (Phi) is 12.6. The molecule has 2 bridgehead atoms. The Labute approximate surface area is 343 Å². The van der Waals surface area contributed by atoms with Crippen molar-refractivity contribution in [3.63, 3.8) is 0 Å². The number of ether oxygens (including phenoxy) is 4. The molecular formula is C44H57NO14. The maximum atomic E-state index is 14.9. The van der Waals surface area contributed by atoms with Crippen molar-refractivity contribution < 1.29 is 68.1 Å². The van der Waals surface area contributed by atoms with Crippen molar-refractivity contribution in [3.05, 3.63) is 71.8 Å². The molecule has 322 valence electrons. The Bertz CT molecular complexity index is 1930. The van der Waals surface area contributed by atoms with E-state index >= 15 is 0 Å². The average molecular weight is 824 g/mol. The molecule has 1 amide bonds. The highest BCUT2D eigenvalue weighted by Gasteiger charge is 2.76. The predicted octanol–water partition coefficient (Wildman–Crippen LogP) is 3.78. The number of hydrogen-bond acceptors (Lipinski definition) is 14. The Hall–Kier alpha value is -4.70. The molecule has 3 aliphatic carbocycles. The van der Waals surface area contributed by atoms with Gasteiger partial charge < -0.3 is 44.7 Å². The largest absolute Gasteiger partial charge is 0.460 e. The number of benzene rings is 2. The van der Waals surface area contributed by atoms with E-state index in [0.717, 1.165) is 6.92 Å². The summed E-state index contributed by atoms with van der Waals surface area (Å²) in [5, 5.41) is 51.1. The fourth-order valence-corrected chi connectivity index (χ4v) is 9.86. The van der Waals surface area contributed by atoms with Crippen LogP contribution in [0, 0.1) is 28.6 Å². The molecule has 0 aliphatic heterocycles. The Morgan fingerprint density at radius 3 is 2.03 bits per heavy atom.